The molecule has 0 unspecified atom stereocenters. The Morgan fingerprint density at radius 2 is 2.33 bits per heavy atom. The number of nitrogens with one attached hydrogen (secondary N) is 1. The number of β-amino-alcohol motifs (C(OH)–C–C–N with tert-alkyl or cyclic N) is 1. The SMILES string of the molecule is CC[C@@H]1NC[C@@H](O)[C@@H]1C. The molecule has 1 heterocycles. The van der Waals surface area contributed by atoms with Crippen molar-refractivity contribution in [2.45, 2.75) is 32.4 Å². The largest absolute Gasteiger partial charge is 0.391 e. The van der Waals surface area contributed by atoms with E-state index in [1.54, 1.807) is 0 Å². The first-order valence-corrected chi connectivity index (χ1v) is 3.67. The van der Waals surface area contributed by atoms with Crippen LogP contribution in [0.25, 0.3) is 0 Å². The van der Waals surface area contributed by atoms with Crippen LogP contribution in [0.2, 0.25) is 0 Å². The molecule has 0 saturated carbocycles. The molecule has 3 atom stereocenters. The Kier molecular flexibility index (Phi) is 2.09. The second kappa shape index (κ2) is 2.67. The van der Waals surface area contributed by atoms with Crippen molar-refractivity contribution in [1.29, 1.82) is 0 Å². The van der Waals surface area contributed by atoms with Gasteiger partial charge in [0.1, 0.15) is 0 Å². The van der Waals surface area contributed by atoms with E-state index < -0.39 is 0 Å². The summed E-state index contributed by atoms with van der Waals surface area (Å²) in [5, 5.41) is 12.5. The van der Waals surface area contributed by atoms with Crippen LogP contribution in [0, 0.1) is 5.92 Å². The zero-order valence-corrected chi connectivity index (χ0v) is 6.09. The summed E-state index contributed by atoms with van der Waals surface area (Å²) in [5.74, 6) is 0.440. The first-order valence-electron chi connectivity index (χ1n) is 3.67. The van der Waals surface area contributed by atoms with Crippen LogP contribution in [0.15, 0.2) is 0 Å². The highest BCUT2D eigenvalue weighted by atomic mass is 16.3. The molecule has 0 spiro atoms. The van der Waals surface area contributed by atoms with Crippen LogP contribution in [0.5, 0.6) is 0 Å². The Morgan fingerprint density at radius 1 is 1.67 bits per heavy atom. The smallest absolute Gasteiger partial charge is 0.0705 e. The van der Waals surface area contributed by atoms with Crippen LogP contribution in [-0.4, -0.2) is 23.8 Å². The summed E-state index contributed by atoms with van der Waals surface area (Å²) >= 11 is 0. The van der Waals surface area contributed by atoms with Gasteiger partial charge in [0.2, 0.25) is 0 Å². The molecule has 1 rings (SSSR count). The second-order valence-corrected chi connectivity index (χ2v) is 2.85. The molecule has 9 heavy (non-hydrogen) atoms. The van der Waals surface area contributed by atoms with E-state index in [4.69, 9.17) is 0 Å². The molecule has 0 aromatic heterocycles. The molecule has 0 aromatic rings. The van der Waals surface area contributed by atoms with Crippen molar-refractivity contribution in [2.75, 3.05) is 6.54 Å². The van der Waals surface area contributed by atoms with Gasteiger partial charge in [-0.05, 0) is 12.3 Å². The molecular formula is C7H15NO. The zero-order valence-electron chi connectivity index (χ0n) is 6.09. The highest BCUT2D eigenvalue weighted by Crippen LogP contribution is 2.16. The van der Waals surface area contributed by atoms with Gasteiger partial charge in [-0.1, -0.05) is 13.8 Å². The Balaban J connectivity index is 2.41. The molecule has 2 nitrogen and oxygen atoms in total. The van der Waals surface area contributed by atoms with Gasteiger partial charge in [-0.2, -0.15) is 0 Å². The number of aliphatic hydroxyl groups is 1. The van der Waals surface area contributed by atoms with Crippen LogP contribution in [0.4, 0.5) is 0 Å². The van der Waals surface area contributed by atoms with Gasteiger partial charge >= 0.3 is 0 Å². The first-order chi connectivity index (χ1) is 4.25. The average molecular weight is 129 g/mol. The Bertz CT molecular complexity index is 94.9. The van der Waals surface area contributed by atoms with Crippen molar-refractivity contribution in [1.82, 2.24) is 5.32 Å². The fourth-order valence-electron chi connectivity index (χ4n) is 1.43. The molecule has 0 amide bonds. The number of hydrogen-bond acceptors (Lipinski definition) is 2. The van der Waals surface area contributed by atoms with Crippen LogP contribution in [-0.2, 0) is 0 Å². The van der Waals surface area contributed by atoms with E-state index >= 15 is 0 Å². The fourth-order valence-corrected chi connectivity index (χ4v) is 1.43. The molecule has 1 saturated heterocycles. The third kappa shape index (κ3) is 1.25. The summed E-state index contributed by atoms with van der Waals surface area (Å²) in [7, 11) is 0. The van der Waals surface area contributed by atoms with Gasteiger partial charge in [-0.3, -0.25) is 0 Å². The third-order valence-corrected chi connectivity index (χ3v) is 2.27. The number of aliphatic hydroxyl groups excluding tert-OH is 1. The van der Waals surface area contributed by atoms with Gasteiger partial charge in [-0.25, -0.2) is 0 Å². The van der Waals surface area contributed by atoms with E-state index in [0.29, 0.717) is 12.0 Å². The lowest BCUT2D eigenvalue weighted by molar-refractivity contribution is 0.147. The molecule has 0 radical (unpaired) electrons. The molecule has 0 aliphatic carbocycles. The van der Waals surface area contributed by atoms with Crippen LogP contribution in [0.3, 0.4) is 0 Å². The van der Waals surface area contributed by atoms with E-state index in [2.05, 4.69) is 19.2 Å². The molecule has 0 bridgehead atoms. The summed E-state index contributed by atoms with van der Waals surface area (Å²) in [6, 6.07) is 0.542. The van der Waals surface area contributed by atoms with Crippen LogP contribution >= 0.6 is 0 Å². The average Bonchev–Trinajstić information content (AvgIpc) is 2.15. The second-order valence-electron chi connectivity index (χ2n) is 2.85. The third-order valence-electron chi connectivity index (χ3n) is 2.27. The summed E-state index contributed by atoms with van der Waals surface area (Å²) in [4.78, 5) is 0. The minimum Gasteiger partial charge on any atom is -0.391 e. The maximum absolute atomic E-state index is 9.24. The molecular weight excluding hydrogens is 114 g/mol. The van der Waals surface area contributed by atoms with E-state index in [1.165, 1.54) is 0 Å². The fraction of sp³-hybridized carbons (Fsp3) is 1.00. The maximum Gasteiger partial charge on any atom is 0.0705 e. The first kappa shape index (κ1) is 7.03. The Labute approximate surface area is 56.3 Å². The maximum atomic E-state index is 9.24. The summed E-state index contributed by atoms with van der Waals surface area (Å²) in [5.41, 5.74) is 0. The van der Waals surface area contributed by atoms with Crippen LogP contribution < -0.4 is 5.32 Å². The Hall–Kier alpha value is -0.0800. The van der Waals surface area contributed by atoms with Gasteiger partial charge in [-0.15, -0.1) is 0 Å². The van der Waals surface area contributed by atoms with E-state index in [9.17, 15) is 5.11 Å². The highest BCUT2D eigenvalue weighted by Gasteiger charge is 2.28. The highest BCUT2D eigenvalue weighted by molar-refractivity contribution is 4.86. The summed E-state index contributed by atoms with van der Waals surface area (Å²) in [6.45, 7) is 5.02. The van der Waals surface area contributed by atoms with E-state index in [0.717, 1.165) is 13.0 Å². The zero-order chi connectivity index (χ0) is 6.85. The number of hydrogen-bond donors (Lipinski definition) is 2. The number of rotatable bonds is 1. The molecule has 1 aliphatic heterocycles. The predicted molar refractivity (Wildman–Crippen MR) is 37.3 cm³/mol. The minimum atomic E-state index is -0.116. The van der Waals surface area contributed by atoms with Gasteiger partial charge in [0, 0.05) is 12.6 Å². The van der Waals surface area contributed by atoms with E-state index in [1.807, 2.05) is 0 Å². The normalized spacial score (nSPS) is 43.7. The van der Waals surface area contributed by atoms with Crippen molar-refractivity contribution < 1.29 is 5.11 Å². The lowest BCUT2D eigenvalue weighted by Crippen LogP contribution is -2.24. The lowest BCUT2D eigenvalue weighted by Gasteiger charge is -2.13. The van der Waals surface area contributed by atoms with Crippen molar-refractivity contribution >= 4 is 0 Å². The molecule has 54 valence electrons. The van der Waals surface area contributed by atoms with Crippen molar-refractivity contribution in [2.24, 2.45) is 5.92 Å². The molecule has 1 aliphatic rings. The van der Waals surface area contributed by atoms with Crippen molar-refractivity contribution in [3.05, 3.63) is 0 Å². The van der Waals surface area contributed by atoms with E-state index in [-0.39, 0.29) is 6.10 Å². The van der Waals surface area contributed by atoms with Gasteiger partial charge in [0.15, 0.2) is 0 Å². The van der Waals surface area contributed by atoms with Gasteiger partial charge in [0.05, 0.1) is 6.10 Å². The Morgan fingerprint density at radius 3 is 2.56 bits per heavy atom. The molecule has 2 heteroatoms. The predicted octanol–water partition coefficient (Wildman–Crippen LogP) is 0.365. The lowest BCUT2D eigenvalue weighted by atomic mass is 9.99. The summed E-state index contributed by atoms with van der Waals surface area (Å²) in [6.07, 6.45) is 1.01. The van der Waals surface area contributed by atoms with Crippen molar-refractivity contribution in [3.8, 4) is 0 Å². The molecule has 1 fully saturated rings. The van der Waals surface area contributed by atoms with Crippen LogP contribution in [0.1, 0.15) is 20.3 Å². The standard InChI is InChI=1S/C7H15NO/c1-3-6-5(2)7(9)4-8-6/h5-9H,3-4H2,1-2H3/t5-,6+,7-/m1/s1. The monoisotopic (exact) mass is 129 g/mol. The molecule has 2 N–H and O–H groups in total. The topological polar surface area (TPSA) is 32.3 Å². The quantitative estimate of drug-likeness (QED) is 0.536. The summed E-state index contributed by atoms with van der Waals surface area (Å²) < 4.78 is 0. The van der Waals surface area contributed by atoms with Gasteiger partial charge in [0.25, 0.3) is 0 Å². The molecule has 0 aromatic carbocycles. The minimum absolute atomic E-state index is 0.116. The van der Waals surface area contributed by atoms with Crippen molar-refractivity contribution in [3.63, 3.8) is 0 Å². The van der Waals surface area contributed by atoms with Gasteiger partial charge < -0.3 is 10.4 Å².